The minimum atomic E-state index is 0.123. The van der Waals surface area contributed by atoms with Gasteiger partial charge in [-0.05, 0) is 54.4 Å². The Labute approximate surface area is 117 Å². The van der Waals surface area contributed by atoms with E-state index >= 15 is 0 Å². The van der Waals surface area contributed by atoms with E-state index in [9.17, 15) is 0 Å². The molecule has 1 fully saturated rings. The molecule has 0 heterocycles. The van der Waals surface area contributed by atoms with Crippen LogP contribution in [-0.4, -0.2) is 12.1 Å². The van der Waals surface area contributed by atoms with Crippen molar-refractivity contribution in [1.82, 2.24) is 0 Å². The zero-order chi connectivity index (χ0) is 14.2. The van der Waals surface area contributed by atoms with Crippen LogP contribution in [0.3, 0.4) is 0 Å². The lowest BCUT2D eigenvalue weighted by atomic mass is 9.88. The van der Waals surface area contributed by atoms with E-state index in [0.29, 0.717) is 5.92 Å². The molecule has 1 aliphatic rings. The van der Waals surface area contributed by atoms with Gasteiger partial charge >= 0.3 is 0 Å². The summed E-state index contributed by atoms with van der Waals surface area (Å²) in [7, 11) is 0. The Bertz CT molecular complexity index is 451. The highest BCUT2D eigenvalue weighted by Crippen LogP contribution is 2.38. The first-order valence-corrected chi connectivity index (χ1v) is 7.34. The van der Waals surface area contributed by atoms with Gasteiger partial charge in [0.05, 0.1) is 0 Å². The second kappa shape index (κ2) is 5.16. The lowest BCUT2D eigenvalue weighted by Gasteiger charge is -2.27. The first kappa shape index (κ1) is 14.4. The Morgan fingerprint density at radius 2 is 2.00 bits per heavy atom. The van der Waals surface area contributed by atoms with Crippen molar-refractivity contribution >= 4 is 0 Å². The van der Waals surface area contributed by atoms with E-state index in [2.05, 4.69) is 52.8 Å². The monoisotopic (exact) mass is 261 g/mol. The predicted molar refractivity (Wildman–Crippen MR) is 80.7 cm³/mol. The Morgan fingerprint density at radius 1 is 1.32 bits per heavy atom. The average Bonchev–Trinajstić information content (AvgIpc) is 2.56. The second-order valence-electron chi connectivity index (χ2n) is 6.88. The van der Waals surface area contributed by atoms with Crippen LogP contribution in [0.2, 0.25) is 0 Å². The highest BCUT2D eigenvalue weighted by molar-refractivity contribution is 5.36. The standard InChI is InChI=1S/C17H27NO/c1-11(2)14-7-6-13(10-12(14)3)19-15-8-9-17(4,5)16(15)18/h6-7,10-11,15-16H,8-9,18H2,1-5H3. The van der Waals surface area contributed by atoms with Crippen LogP contribution in [0.4, 0.5) is 0 Å². The quantitative estimate of drug-likeness (QED) is 0.892. The first-order chi connectivity index (χ1) is 8.81. The maximum atomic E-state index is 6.30. The molecule has 1 aromatic carbocycles. The van der Waals surface area contributed by atoms with Gasteiger partial charge in [-0.3, -0.25) is 0 Å². The smallest absolute Gasteiger partial charge is 0.120 e. The lowest BCUT2D eigenvalue weighted by molar-refractivity contribution is 0.164. The molecule has 0 radical (unpaired) electrons. The van der Waals surface area contributed by atoms with Crippen LogP contribution in [0.25, 0.3) is 0 Å². The van der Waals surface area contributed by atoms with Crippen LogP contribution in [0.1, 0.15) is 57.6 Å². The van der Waals surface area contributed by atoms with E-state index in [1.54, 1.807) is 0 Å². The van der Waals surface area contributed by atoms with Crippen LogP contribution >= 0.6 is 0 Å². The van der Waals surface area contributed by atoms with Crippen LogP contribution < -0.4 is 10.5 Å². The Hall–Kier alpha value is -1.02. The van der Waals surface area contributed by atoms with Crippen molar-refractivity contribution in [2.24, 2.45) is 11.1 Å². The van der Waals surface area contributed by atoms with Crippen molar-refractivity contribution in [2.75, 3.05) is 0 Å². The molecule has 0 aliphatic heterocycles. The Morgan fingerprint density at radius 3 is 2.47 bits per heavy atom. The highest BCUT2D eigenvalue weighted by atomic mass is 16.5. The molecule has 0 bridgehead atoms. The second-order valence-corrected chi connectivity index (χ2v) is 6.88. The summed E-state index contributed by atoms with van der Waals surface area (Å²) >= 11 is 0. The molecule has 0 spiro atoms. The van der Waals surface area contributed by atoms with Gasteiger partial charge in [-0.2, -0.15) is 0 Å². The van der Waals surface area contributed by atoms with Gasteiger partial charge in [-0.1, -0.05) is 33.8 Å². The number of hydrogen-bond donors (Lipinski definition) is 1. The molecule has 2 unspecified atom stereocenters. The van der Waals surface area contributed by atoms with Gasteiger partial charge < -0.3 is 10.5 Å². The summed E-state index contributed by atoms with van der Waals surface area (Å²) in [4.78, 5) is 0. The van der Waals surface area contributed by atoms with Crippen molar-refractivity contribution in [3.05, 3.63) is 29.3 Å². The van der Waals surface area contributed by atoms with Crippen LogP contribution in [0, 0.1) is 12.3 Å². The van der Waals surface area contributed by atoms with Gasteiger partial charge in [0.2, 0.25) is 0 Å². The third-order valence-electron chi connectivity index (χ3n) is 4.53. The van der Waals surface area contributed by atoms with Crippen LogP contribution in [-0.2, 0) is 0 Å². The van der Waals surface area contributed by atoms with E-state index in [-0.39, 0.29) is 17.6 Å². The fraction of sp³-hybridized carbons (Fsp3) is 0.647. The Kier molecular flexibility index (Phi) is 3.91. The molecule has 19 heavy (non-hydrogen) atoms. The van der Waals surface area contributed by atoms with Crippen LogP contribution in [0.15, 0.2) is 18.2 Å². The minimum absolute atomic E-state index is 0.123. The SMILES string of the molecule is Cc1cc(OC2CCC(C)(C)C2N)ccc1C(C)C. The van der Waals surface area contributed by atoms with Gasteiger partial charge in [0.15, 0.2) is 0 Å². The maximum Gasteiger partial charge on any atom is 0.120 e. The molecule has 2 atom stereocenters. The normalized spacial score (nSPS) is 25.8. The first-order valence-electron chi connectivity index (χ1n) is 7.34. The minimum Gasteiger partial charge on any atom is -0.489 e. The van der Waals surface area contributed by atoms with E-state index in [1.165, 1.54) is 11.1 Å². The number of rotatable bonds is 3. The summed E-state index contributed by atoms with van der Waals surface area (Å²) in [6.45, 7) is 11.1. The third kappa shape index (κ3) is 2.94. The molecule has 0 saturated heterocycles. The average molecular weight is 261 g/mol. The van der Waals surface area contributed by atoms with E-state index < -0.39 is 0 Å². The van der Waals surface area contributed by atoms with Gasteiger partial charge in [0.1, 0.15) is 11.9 Å². The molecule has 2 heteroatoms. The molecular weight excluding hydrogens is 234 g/mol. The number of benzene rings is 1. The number of aryl methyl sites for hydroxylation is 1. The van der Waals surface area contributed by atoms with Crippen molar-refractivity contribution in [2.45, 2.75) is 65.5 Å². The highest BCUT2D eigenvalue weighted by Gasteiger charge is 2.40. The summed E-state index contributed by atoms with van der Waals surface area (Å²) in [5.74, 6) is 1.52. The zero-order valence-electron chi connectivity index (χ0n) is 12.9. The molecule has 0 amide bonds. The van der Waals surface area contributed by atoms with Crippen molar-refractivity contribution in [1.29, 1.82) is 0 Å². The van der Waals surface area contributed by atoms with E-state index in [1.807, 2.05) is 0 Å². The van der Waals surface area contributed by atoms with E-state index in [4.69, 9.17) is 10.5 Å². The molecule has 106 valence electrons. The maximum absolute atomic E-state index is 6.30. The Balaban J connectivity index is 2.11. The number of hydrogen-bond acceptors (Lipinski definition) is 2. The summed E-state index contributed by atoms with van der Waals surface area (Å²) in [5.41, 5.74) is 9.18. The summed E-state index contributed by atoms with van der Waals surface area (Å²) in [5, 5.41) is 0. The fourth-order valence-electron chi connectivity index (χ4n) is 3.04. The number of ether oxygens (including phenoxy) is 1. The van der Waals surface area contributed by atoms with Crippen molar-refractivity contribution < 1.29 is 4.74 Å². The lowest BCUT2D eigenvalue weighted by Crippen LogP contribution is -2.42. The molecule has 0 aromatic heterocycles. The molecule has 1 aliphatic carbocycles. The molecule has 2 N–H and O–H groups in total. The number of nitrogens with two attached hydrogens (primary N) is 1. The van der Waals surface area contributed by atoms with Gasteiger partial charge in [-0.15, -0.1) is 0 Å². The van der Waals surface area contributed by atoms with Crippen molar-refractivity contribution in [3.63, 3.8) is 0 Å². The molecule has 2 rings (SSSR count). The summed E-state index contributed by atoms with van der Waals surface area (Å²) < 4.78 is 6.11. The molecular formula is C17H27NO. The zero-order valence-corrected chi connectivity index (χ0v) is 12.9. The summed E-state index contributed by atoms with van der Waals surface area (Å²) in [6.07, 6.45) is 2.35. The predicted octanol–water partition coefficient (Wildman–Crippen LogP) is 4.01. The molecule has 1 saturated carbocycles. The van der Waals surface area contributed by atoms with Gasteiger partial charge in [-0.25, -0.2) is 0 Å². The van der Waals surface area contributed by atoms with E-state index in [0.717, 1.165) is 18.6 Å². The largest absolute Gasteiger partial charge is 0.489 e. The molecule has 2 nitrogen and oxygen atoms in total. The topological polar surface area (TPSA) is 35.2 Å². The summed E-state index contributed by atoms with van der Waals surface area (Å²) in [6, 6.07) is 6.53. The molecule has 1 aromatic rings. The van der Waals surface area contributed by atoms with Crippen molar-refractivity contribution in [3.8, 4) is 5.75 Å². The fourth-order valence-corrected chi connectivity index (χ4v) is 3.04. The third-order valence-corrected chi connectivity index (χ3v) is 4.53. The van der Waals surface area contributed by atoms with Crippen LogP contribution in [0.5, 0.6) is 5.75 Å². The van der Waals surface area contributed by atoms with Gasteiger partial charge in [0.25, 0.3) is 0 Å². The van der Waals surface area contributed by atoms with Gasteiger partial charge in [0, 0.05) is 6.04 Å².